The van der Waals surface area contributed by atoms with Crippen LogP contribution < -0.4 is 10.6 Å². The Bertz CT molecular complexity index is 1060. The molecule has 0 aliphatic carbocycles. The van der Waals surface area contributed by atoms with Crippen LogP contribution in [-0.4, -0.2) is 11.0 Å². The number of amides is 1. The molecule has 0 aliphatic heterocycles. The summed E-state index contributed by atoms with van der Waals surface area (Å²) in [5, 5.41) is 6.43. The fourth-order valence-electron chi connectivity index (χ4n) is 2.38. The van der Waals surface area contributed by atoms with Crippen molar-refractivity contribution < 1.29 is 9.21 Å². The smallest absolute Gasteiger partial charge is 0.250 e. The van der Waals surface area contributed by atoms with Gasteiger partial charge < -0.3 is 9.73 Å². The van der Waals surface area contributed by atoms with Crippen molar-refractivity contribution in [1.82, 2.24) is 5.32 Å². The summed E-state index contributed by atoms with van der Waals surface area (Å²) < 4.78 is 6.66. The summed E-state index contributed by atoms with van der Waals surface area (Å²) in [4.78, 5) is 12.0. The van der Waals surface area contributed by atoms with Crippen LogP contribution in [-0.2, 0) is 4.79 Å². The summed E-state index contributed by atoms with van der Waals surface area (Å²) in [5.41, 5.74) is 2.65. The summed E-state index contributed by atoms with van der Waals surface area (Å²) in [6.45, 7) is 1.94. The van der Waals surface area contributed by atoms with Gasteiger partial charge in [-0.05, 0) is 67.2 Å². The number of thiocarbonyl (C=S) groups is 1. The third kappa shape index (κ3) is 5.55. The van der Waals surface area contributed by atoms with Crippen molar-refractivity contribution in [3.05, 3.63) is 81.5 Å². The lowest BCUT2D eigenvalue weighted by atomic mass is 10.1. The summed E-state index contributed by atoms with van der Waals surface area (Å²) >= 11 is 14.7. The average molecular weight is 476 g/mol. The van der Waals surface area contributed by atoms with Gasteiger partial charge in [0.15, 0.2) is 5.11 Å². The number of rotatable bonds is 4. The van der Waals surface area contributed by atoms with Gasteiger partial charge in [0.05, 0.1) is 0 Å². The van der Waals surface area contributed by atoms with Crippen molar-refractivity contribution in [2.24, 2.45) is 0 Å². The molecule has 0 unspecified atom stereocenters. The van der Waals surface area contributed by atoms with E-state index in [1.807, 2.05) is 55.5 Å². The number of aryl methyl sites for hydroxylation is 1. The predicted octanol–water partition coefficient (Wildman–Crippen LogP) is 6.20. The monoisotopic (exact) mass is 474 g/mol. The van der Waals surface area contributed by atoms with E-state index >= 15 is 0 Å². The van der Waals surface area contributed by atoms with Crippen molar-refractivity contribution in [2.45, 2.75) is 6.92 Å². The van der Waals surface area contributed by atoms with Gasteiger partial charge in [-0.2, -0.15) is 0 Å². The number of halogens is 2. The maximum atomic E-state index is 12.0. The Balaban J connectivity index is 1.59. The third-order valence-electron chi connectivity index (χ3n) is 3.80. The second kappa shape index (κ2) is 9.19. The Kier molecular flexibility index (Phi) is 6.67. The zero-order valence-corrected chi connectivity index (χ0v) is 18.0. The maximum Gasteiger partial charge on any atom is 0.250 e. The van der Waals surface area contributed by atoms with Crippen LogP contribution >= 0.6 is 39.7 Å². The average Bonchev–Trinajstić information content (AvgIpc) is 3.11. The van der Waals surface area contributed by atoms with Crippen molar-refractivity contribution >= 4 is 62.5 Å². The van der Waals surface area contributed by atoms with Crippen molar-refractivity contribution in [1.29, 1.82) is 0 Å². The van der Waals surface area contributed by atoms with Crippen LogP contribution in [0.5, 0.6) is 0 Å². The van der Waals surface area contributed by atoms with Crippen molar-refractivity contribution in [3.63, 3.8) is 0 Å². The first-order chi connectivity index (χ1) is 13.4. The van der Waals surface area contributed by atoms with E-state index in [0.717, 1.165) is 21.3 Å². The maximum absolute atomic E-state index is 12.0. The van der Waals surface area contributed by atoms with Gasteiger partial charge in [-0.15, -0.1) is 0 Å². The molecule has 3 rings (SSSR count). The van der Waals surface area contributed by atoms with Crippen LogP contribution in [0.25, 0.3) is 17.4 Å². The molecule has 7 heteroatoms. The Morgan fingerprint density at radius 3 is 2.75 bits per heavy atom. The number of hydrogen-bond donors (Lipinski definition) is 2. The number of carbonyl (C=O) groups excluding carboxylic acids is 1. The fraction of sp³-hybridized carbons (Fsp3) is 0.0476. The van der Waals surface area contributed by atoms with Crippen LogP contribution in [0, 0.1) is 6.92 Å². The van der Waals surface area contributed by atoms with E-state index in [1.54, 1.807) is 12.1 Å². The second-order valence-electron chi connectivity index (χ2n) is 5.95. The van der Waals surface area contributed by atoms with E-state index in [2.05, 4.69) is 26.6 Å². The zero-order valence-electron chi connectivity index (χ0n) is 14.8. The van der Waals surface area contributed by atoms with Crippen LogP contribution in [0.2, 0.25) is 5.02 Å². The van der Waals surface area contributed by atoms with E-state index in [4.69, 9.17) is 28.2 Å². The Hall–Kier alpha value is -2.41. The molecule has 28 heavy (non-hydrogen) atoms. The van der Waals surface area contributed by atoms with E-state index in [0.29, 0.717) is 16.5 Å². The molecule has 0 bridgehead atoms. The molecule has 0 atom stereocenters. The molecule has 0 spiro atoms. The molecule has 142 valence electrons. The van der Waals surface area contributed by atoms with Crippen molar-refractivity contribution in [3.8, 4) is 11.3 Å². The number of carbonyl (C=O) groups is 1. The topological polar surface area (TPSA) is 54.3 Å². The van der Waals surface area contributed by atoms with E-state index in [-0.39, 0.29) is 11.0 Å². The lowest BCUT2D eigenvalue weighted by Gasteiger charge is -2.08. The highest BCUT2D eigenvalue weighted by Crippen LogP contribution is 2.27. The third-order valence-corrected chi connectivity index (χ3v) is 4.91. The Morgan fingerprint density at radius 2 is 2.00 bits per heavy atom. The first kappa shape index (κ1) is 20.3. The standard InChI is InChI=1S/C21H16BrClN2O2S/c1-13-5-6-14(11-18(13)23)19-9-7-17(27-19)8-10-20(26)25-21(28)24-16-4-2-3-15(22)12-16/h2-12H,1H3,(H2,24,25,26,28)/b10-8+. The Morgan fingerprint density at radius 1 is 1.18 bits per heavy atom. The van der Waals surface area contributed by atoms with Gasteiger partial charge in [-0.25, -0.2) is 0 Å². The molecule has 2 N–H and O–H groups in total. The molecule has 1 aromatic heterocycles. The molecule has 2 aromatic carbocycles. The number of anilines is 1. The van der Waals surface area contributed by atoms with Crippen LogP contribution in [0.4, 0.5) is 5.69 Å². The SMILES string of the molecule is Cc1ccc(-c2ccc(/C=C/C(=O)NC(=S)Nc3cccc(Br)c3)o2)cc1Cl. The van der Waals surface area contributed by atoms with Gasteiger partial charge in [0.25, 0.3) is 0 Å². The van der Waals surface area contributed by atoms with Crippen LogP contribution in [0.15, 0.2) is 69.6 Å². The minimum absolute atomic E-state index is 0.210. The molecule has 0 fully saturated rings. The molecular formula is C21H16BrClN2O2S. The van der Waals surface area contributed by atoms with Gasteiger partial charge in [0.1, 0.15) is 11.5 Å². The second-order valence-corrected chi connectivity index (χ2v) is 7.68. The molecule has 0 saturated carbocycles. The van der Waals surface area contributed by atoms with Gasteiger partial charge in [0, 0.05) is 26.8 Å². The first-order valence-electron chi connectivity index (χ1n) is 8.33. The Labute approximate surface area is 181 Å². The van der Waals surface area contributed by atoms with Gasteiger partial charge >= 0.3 is 0 Å². The summed E-state index contributed by atoms with van der Waals surface area (Å²) in [7, 11) is 0. The van der Waals surface area contributed by atoms with Gasteiger partial charge in [-0.3, -0.25) is 10.1 Å². The highest BCUT2D eigenvalue weighted by Gasteiger charge is 2.06. The molecule has 0 aliphatic rings. The van der Waals surface area contributed by atoms with E-state index < -0.39 is 0 Å². The lowest BCUT2D eigenvalue weighted by molar-refractivity contribution is -0.115. The number of furan rings is 1. The molecule has 0 radical (unpaired) electrons. The number of benzene rings is 2. The van der Waals surface area contributed by atoms with Crippen LogP contribution in [0.3, 0.4) is 0 Å². The zero-order chi connectivity index (χ0) is 20.1. The number of nitrogens with one attached hydrogen (secondary N) is 2. The summed E-state index contributed by atoms with van der Waals surface area (Å²) in [5.74, 6) is 0.866. The molecular weight excluding hydrogens is 460 g/mol. The highest BCUT2D eigenvalue weighted by molar-refractivity contribution is 9.10. The van der Waals surface area contributed by atoms with E-state index in [9.17, 15) is 4.79 Å². The molecule has 0 saturated heterocycles. The largest absolute Gasteiger partial charge is 0.457 e. The quantitative estimate of drug-likeness (QED) is 0.348. The summed E-state index contributed by atoms with van der Waals surface area (Å²) in [6.07, 6.45) is 2.94. The first-order valence-corrected chi connectivity index (χ1v) is 9.90. The molecule has 4 nitrogen and oxygen atoms in total. The highest BCUT2D eigenvalue weighted by atomic mass is 79.9. The van der Waals surface area contributed by atoms with Gasteiger partial charge in [0.2, 0.25) is 5.91 Å². The molecule has 3 aromatic rings. The predicted molar refractivity (Wildman–Crippen MR) is 121 cm³/mol. The molecule has 1 heterocycles. The summed E-state index contributed by atoms with van der Waals surface area (Å²) in [6, 6.07) is 16.8. The molecule has 1 amide bonds. The van der Waals surface area contributed by atoms with Crippen molar-refractivity contribution in [2.75, 3.05) is 5.32 Å². The lowest BCUT2D eigenvalue weighted by Crippen LogP contribution is -2.32. The van der Waals surface area contributed by atoms with Gasteiger partial charge in [-0.1, -0.05) is 45.7 Å². The van der Waals surface area contributed by atoms with E-state index in [1.165, 1.54) is 6.08 Å². The minimum Gasteiger partial charge on any atom is -0.457 e. The van der Waals surface area contributed by atoms with Crippen LogP contribution in [0.1, 0.15) is 11.3 Å². The minimum atomic E-state index is -0.358. The normalized spacial score (nSPS) is 10.8. The number of hydrogen-bond acceptors (Lipinski definition) is 3. The fourth-order valence-corrected chi connectivity index (χ4v) is 3.18.